The van der Waals surface area contributed by atoms with Crippen LogP contribution in [0.4, 0.5) is 13.2 Å². The van der Waals surface area contributed by atoms with Crippen molar-refractivity contribution < 1.29 is 13.2 Å². The first-order chi connectivity index (χ1) is 8.98. The van der Waals surface area contributed by atoms with Crippen LogP contribution in [0.15, 0.2) is 0 Å². The van der Waals surface area contributed by atoms with Gasteiger partial charge in [0.1, 0.15) is 0 Å². The number of piperazine rings is 1. The minimum absolute atomic E-state index is 0.538. The lowest BCUT2D eigenvalue weighted by molar-refractivity contribution is -0.149. The first kappa shape index (κ1) is 15.1. The lowest BCUT2D eigenvalue weighted by Gasteiger charge is -2.37. The Bertz CT molecular complexity index is 275. The predicted molar refractivity (Wildman–Crippen MR) is 69.1 cm³/mol. The van der Waals surface area contributed by atoms with Crippen molar-refractivity contribution in [2.24, 2.45) is 5.92 Å². The SMILES string of the molecule is CNC1CCCC1CN1CCN(CC(F)(F)F)CC1. The maximum Gasteiger partial charge on any atom is 0.401 e. The highest BCUT2D eigenvalue weighted by molar-refractivity contribution is 4.85. The number of nitrogens with zero attached hydrogens (tertiary/aromatic N) is 2. The molecule has 0 spiro atoms. The Morgan fingerprint density at radius 2 is 1.68 bits per heavy atom. The van der Waals surface area contributed by atoms with Crippen molar-refractivity contribution in [2.45, 2.75) is 31.5 Å². The van der Waals surface area contributed by atoms with Crippen LogP contribution in [0, 0.1) is 5.92 Å². The van der Waals surface area contributed by atoms with Crippen LogP contribution >= 0.6 is 0 Å². The number of halogens is 3. The molecule has 0 bridgehead atoms. The normalized spacial score (nSPS) is 30.9. The Kier molecular flexibility index (Phi) is 5.09. The summed E-state index contributed by atoms with van der Waals surface area (Å²) in [6.07, 6.45) is -0.321. The van der Waals surface area contributed by atoms with Crippen molar-refractivity contribution in [3.05, 3.63) is 0 Å². The van der Waals surface area contributed by atoms with Crippen molar-refractivity contribution >= 4 is 0 Å². The van der Waals surface area contributed by atoms with Crippen molar-refractivity contribution in [3.63, 3.8) is 0 Å². The maximum atomic E-state index is 12.3. The van der Waals surface area contributed by atoms with Gasteiger partial charge in [-0.2, -0.15) is 13.2 Å². The van der Waals surface area contributed by atoms with E-state index in [9.17, 15) is 13.2 Å². The molecule has 19 heavy (non-hydrogen) atoms. The quantitative estimate of drug-likeness (QED) is 0.842. The van der Waals surface area contributed by atoms with Crippen molar-refractivity contribution in [2.75, 3.05) is 46.3 Å². The van der Waals surface area contributed by atoms with E-state index in [1.165, 1.54) is 24.2 Å². The van der Waals surface area contributed by atoms with Gasteiger partial charge in [0.2, 0.25) is 0 Å². The molecular weight excluding hydrogens is 255 g/mol. The number of nitrogens with one attached hydrogen (secondary N) is 1. The van der Waals surface area contributed by atoms with E-state index < -0.39 is 12.7 Å². The van der Waals surface area contributed by atoms with Crippen LogP contribution in [0.5, 0.6) is 0 Å². The third-order valence-electron chi connectivity index (χ3n) is 4.39. The monoisotopic (exact) mass is 279 g/mol. The van der Waals surface area contributed by atoms with Crippen LogP contribution in [0.25, 0.3) is 0 Å². The Balaban J connectivity index is 1.71. The van der Waals surface area contributed by atoms with Crippen LogP contribution < -0.4 is 5.32 Å². The fourth-order valence-electron chi connectivity index (χ4n) is 3.35. The minimum Gasteiger partial charge on any atom is -0.317 e. The van der Waals surface area contributed by atoms with Crippen molar-refractivity contribution in [3.8, 4) is 0 Å². The third-order valence-corrected chi connectivity index (χ3v) is 4.39. The first-order valence-electron chi connectivity index (χ1n) is 7.16. The van der Waals surface area contributed by atoms with Crippen LogP contribution in [-0.2, 0) is 0 Å². The largest absolute Gasteiger partial charge is 0.401 e. The summed E-state index contributed by atoms with van der Waals surface area (Å²) in [5.74, 6) is 0.666. The van der Waals surface area contributed by atoms with E-state index >= 15 is 0 Å². The van der Waals surface area contributed by atoms with Crippen LogP contribution in [0.1, 0.15) is 19.3 Å². The standard InChI is InChI=1S/C13H24F3N3/c1-17-12-4-2-3-11(12)9-18-5-7-19(8-6-18)10-13(14,15)16/h11-12,17H,2-10H2,1H3. The molecule has 2 fully saturated rings. The summed E-state index contributed by atoms with van der Waals surface area (Å²) in [6, 6.07) is 0.591. The topological polar surface area (TPSA) is 18.5 Å². The lowest BCUT2D eigenvalue weighted by Crippen LogP contribution is -2.51. The summed E-state index contributed by atoms with van der Waals surface area (Å²) in [6.45, 7) is 2.88. The van der Waals surface area contributed by atoms with Crippen LogP contribution in [0.2, 0.25) is 0 Å². The molecule has 2 atom stereocenters. The number of hydrogen-bond donors (Lipinski definition) is 1. The van der Waals surface area contributed by atoms with E-state index in [0.29, 0.717) is 25.0 Å². The van der Waals surface area contributed by atoms with E-state index in [2.05, 4.69) is 10.2 Å². The second kappa shape index (κ2) is 6.41. The summed E-state index contributed by atoms with van der Waals surface area (Å²) < 4.78 is 36.9. The molecular formula is C13H24F3N3. The van der Waals surface area contributed by atoms with Gasteiger partial charge in [-0.25, -0.2) is 0 Å². The molecule has 1 saturated heterocycles. The Morgan fingerprint density at radius 1 is 1.05 bits per heavy atom. The summed E-state index contributed by atoms with van der Waals surface area (Å²) in [7, 11) is 2.00. The molecule has 2 rings (SSSR count). The molecule has 1 heterocycles. The lowest BCUT2D eigenvalue weighted by atomic mass is 10.0. The van der Waals surface area contributed by atoms with E-state index in [0.717, 1.165) is 19.6 Å². The third kappa shape index (κ3) is 4.61. The Morgan fingerprint density at radius 3 is 2.26 bits per heavy atom. The van der Waals surface area contributed by atoms with E-state index in [4.69, 9.17) is 0 Å². The van der Waals surface area contributed by atoms with Gasteiger partial charge in [0.25, 0.3) is 0 Å². The van der Waals surface area contributed by atoms with E-state index in [1.54, 1.807) is 0 Å². The van der Waals surface area contributed by atoms with Crippen molar-refractivity contribution in [1.82, 2.24) is 15.1 Å². The molecule has 1 saturated carbocycles. The molecule has 1 N–H and O–H groups in total. The van der Waals surface area contributed by atoms with Gasteiger partial charge in [-0.3, -0.25) is 4.90 Å². The van der Waals surface area contributed by atoms with Gasteiger partial charge in [0.05, 0.1) is 6.54 Å². The number of rotatable bonds is 4. The Labute approximate surface area is 113 Å². The fraction of sp³-hybridized carbons (Fsp3) is 1.00. The zero-order valence-electron chi connectivity index (χ0n) is 11.5. The minimum atomic E-state index is -4.06. The molecule has 1 aliphatic carbocycles. The summed E-state index contributed by atoms with van der Waals surface area (Å²) >= 11 is 0. The molecule has 2 unspecified atom stereocenters. The molecule has 3 nitrogen and oxygen atoms in total. The summed E-state index contributed by atoms with van der Waals surface area (Å²) in [4.78, 5) is 3.84. The highest BCUT2D eigenvalue weighted by atomic mass is 19.4. The van der Waals surface area contributed by atoms with E-state index in [1.807, 2.05) is 7.05 Å². The first-order valence-corrected chi connectivity index (χ1v) is 7.16. The molecule has 0 aromatic heterocycles. The summed E-state index contributed by atoms with van der Waals surface area (Å²) in [5.41, 5.74) is 0. The number of hydrogen-bond acceptors (Lipinski definition) is 3. The average molecular weight is 279 g/mol. The molecule has 0 amide bonds. The highest BCUT2D eigenvalue weighted by Gasteiger charge is 2.33. The molecule has 2 aliphatic rings. The second-order valence-corrected chi connectivity index (χ2v) is 5.78. The van der Waals surface area contributed by atoms with Crippen molar-refractivity contribution in [1.29, 1.82) is 0 Å². The maximum absolute atomic E-state index is 12.3. The highest BCUT2D eigenvalue weighted by Crippen LogP contribution is 2.26. The van der Waals surface area contributed by atoms with Gasteiger partial charge in [-0.1, -0.05) is 6.42 Å². The zero-order valence-corrected chi connectivity index (χ0v) is 11.5. The second-order valence-electron chi connectivity index (χ2n) is 5.78. The fourth-order valence-corrected chi connectivity index (χ4v) is 3.35. The van der Waals surface area contributed by atoms with E-state index in [-0.39, 0.29) is 0 Å². The van der Waals surface area contributed by atoms with Gasteiger partial charge >= 0.3 is 6.18 Å². The predicted octanol–water partition coefficient (Wildman–Crippen LogP) is 1.55. The zero-order chi connectivity index (χ0) is 13.9. The van der Waals surface area contributed by atoms with Gasteiger partial charge in [-0.15, -0.1) is 0 Å². The molecule has 1 aliphatic heterocycles. The van der Waals surface area contributed by atoms with Gasteiger partial charge in [-0.05, 0) is 25.8 Å². The summed E-state index contributed by atoms with van der Waals surface area (Å²) in [5, 5.41) is 3.36. The molecule has 0 aromatic carbocycles. The van der Waals surface area contributed by atoms with Gasteiger partial charge in [0.15, 0.2) is 0 Å². The molecule has 0 aromatic rings. The molecule has 6 heteroatoms. The smallest absolute Gasteiger partial charge is 0.317 e. The van der Waals surface area contributed by atoms with Gasteiger partial charge < -0.3 is 10.2 Å². The van der Waals surface area contributed by atoms with Gasteiger partial charge in [0, 0.05) is 38.8 Å². The van der Waals surface area contributed by atoms with Crippen LogP contribution in [-0.4, -0.2) is 68.3 Å². The Hall–Kier alpha value is -0.330. The number of alkyl halides is 3. The molecule has 112 valence electrons. The average Bonchev–Trinajstić information content (AvgIpc) is 2.77. The molecule has 0 radical (unpaired) electrons. The van der Waals surface area contributed by atoms with Crippen LogP contribution in [0.3, 0.4) is 0 Å².